The minimum atomic E-state index is -0.699. The molecule has 0 bridgehead atoms. The van der Waals surface area contributed by atoms with Gasteiger partial charge < -0.3 is 11.1 Å². The third-order valence-electron chi connectivity index (χ3n) is 4.23. The normalized spacial score (nSPS) is 17.8. The van der Waals surface area contributed by atoms with Gasteiger partial charge >= 0.3 is 0 Å². The molecule has 21 heavy (non-hydrogen) atoms. The van der Waals surface area contributed by atoms with Crippen LogP contribution in [0.15, 0.2) is 22.7 Å². The van der Waals surface area contributed by atoms with E-state index >= 15 is 0 Å². The van der Waals surface area contributed by atoms with Crippen LogP contribution in [-0.4, -0.2) is 10.9 Å². The zero-order chi connectivity index (χ0) is 15.5. The smallest absolute Gasteiger partial charge is 0.237 e. The molecule has 3 N–H and O–H groups in total. The standard InChI is InChI=1S/C16H21BrN2OS/c1-11-6-7-12(17)13(10-11)19-15(20)16(14(18)21)8-4-2-3-5-9-16/h6-7,10H,2-5,8-9H2,1H3,(H2,18,21)(H,19,20). The van der Waals surface area contributed by atoms with Crippen LogP contribution >= 0.6 is 28.1 Å². The van der Waals surface area contributed by atoms with Crippen molar-refractivity contribution in [2.45, 2.75) is 45.4 Å². The Morgan fingerprint density at radius 1 is 1.29 bits per heavy atom. The number of carbonyl (C=O) groups excluding carboxylic acids is 1. The Bertz CT molecular complexity index is 551. The quantitative estimate of drug-likeness (QED) is 0.616. The van der Waals surface area contributed by atoms with E-state index in [9.17, 15) is 4.79 Å². The Labute approximate surface area is 139 Å². The number of halogens is 1. The minimum Gasteiger partial charge on any atom is -0.392 e. The van der Waals surface area contributed by atoms with Crippen molar-refractivity contribution in [1.82, 2.24) is 0 Å². The lowest BCUT2D eigenvalue weighted by Crippen LogP contribution is -2.45. The molecule has 3 nitrogen and oxygen atoms in total. The van der Waals surface area contributed by atoms with Crippen molar-refractivity contribution < 1.29 is 4.79 Å². The SMILES string of the molecule is Cc1ccc(Br)c(NC(=O)C2(C(N)=S)CCCCCC2)c1. The van der Waals surface area contributed by atoms with Gasteiger partial charge in [0.25, 0.3) is 0 Å². The highest BCUT2D eigenvalue weighted by atomic mass is 79.9. The molecule has 0 saturated heterocycles. The van der Waals surface area contributed by atoms with Crippen LogP contribution < -0.4 is 11.1 Å². The number of carbonyl (C=O) groups is 1. The van der Waals surface area contributed by atoms with E-state index in [-0.39, 0.29) is 5.91 Å². The topological polar surface area (TPSA) is 55.1 Å². The summed E-state index contributed by atoms with van der Waals surface area (Å²) in [7, 11) is 0. The maximum Gasteiger partial charge on any atom is 0.237 e. The monoisotopic (exact) mass is 368 g/mol. The highest BCUT2D eigenvalue weighted by Crippen LogP contribution is 2.37. The van der Waals surface area contributed by atoms with Gasteiger partial charge in [-0.2, -0.15) is 0 Å². The van der Waals surface area contributed by atoms with Crippen molar-refractivity contribution in [3.05, 3.63) is 28.2 Å². The molecule has 0 unspecified atom stereocenters. The number of aryl methyl sites for hydroxylation is 1. The van der Waals surface area contributed by atoms with Crippen molar-refractivity contribution >= 4 is 44.7 Å². The first-order valence-electron chi connectivity index (χ1n) is 7.33. The number of nitrogens with one attached hydrogen (secondary N) is 1. The third kappa shape index (κ3) is 3.64. The summed E-state index contributed by atoms with van der Waals surface area (Å²) in [5.41, 5.74) is 7.13. The van der Waals surface area contributed by atoms with Crippen LogP contribution in [0.4, 0.5) is 5.69 Å². The summed E-state index contributed by atoms with van der Waals surface area (Å²) in [6, 6.07) is 5.88. The van der Waals surface area contributed by atoms with Crippen LogP contribution in [-0.2, 0) is 4.79 Å². The molecule has 1 amide bonds. The summed E-state index contributed by atoms with van der Waals surface area (Å²) in [5, 5.41) is 3.02. The Morgan fingerprint density at radius 3 is 2.48 bits per heavy atom. The van der Waals surface area contributed by atoms with Crippen molar-refractivity contribution in [3.8, 4) is 0 Å². The number of rotatable bonds is 3. The van der Waals surface area contributed by atoms with Crippen molar-refractivity contribution in [2.75, 3.05) is 5.32 Å². The van der Waals surface area contributed by atoms with Gasteiger partial charge in [0.1, 0.15) is 0 Å². The van der Waals surface area contributed by atoms with E-state index in [0.29, 0.717) is 4.99 Å². The predicted octanol–water partition coefficient (Wildman–Crippen LogP) is 4.32. The molecule has 114 valence electrons. The van der Waals surface area contributed by atoms with Gasteiger partial charge in [-0.15, -0.1) is 0 Å². The zero-order valence-electron chi connectivity index (χ0n) is 12.2. The molecule has 1 aliphatic carbocycles. The molecular formula is C16H21BrN2OS. The lowest BCUT2D eigenvalue weighted by Gasteiger charge is -2.30. The molecule has 1 aliphatic rings. The van der Waals surface area contributed by atoms with Gasteiger partial charge in [-0.25, -0.2) is 0 Å². The van der Waals surface area contributed by atoms with Gasteiger partial charge in [-0.05, 0) is 53.4 Å². The van der Waals surface area contributed by atoms with Crippen molar-refractivity contribution in [2.24, 2.45) is 11.1 Å². The first kappa shape index (κ1) is 16.4. The van der Waals surface area contributed by atoms with E-state index < -0.39 is 5.41 Å². The Morgan fingerprint density at radius 2 is 1.90 bits per heavy atom. The maximum absolute atomic E-state index is 12.8. The number of hydrogen-bond acceptors (Lipinski definition) is 2. The predicted molar refractivity (Wildman–Crippen MR) is 94.4 cm³/mol. The summed E-state index contributed by atoms with van der Waals surface area (Å²) >= 11 is 8.72. The van der Waals surface area contributed by atoms with E-state index in [4.69, 9.17) is 18.0 Å². The Balaban J connectivity index is 2.26. The highest BCUT2D eigenvalue weighted by molar-refractivity contribution is 9.10. The summed E-state index contributed by atoms with van der Waals surface area (Å²) in [6.07, 6.45) is 5.78. The summed E-state index contributed by atoms with van der Waals surface area (Å²) in [5.74, 6) is -0.0665. The van der Waals surface area contributed by atoms with Gasteiger partial charge in [-0.3, -0.25) is 4.79 Å². The molecule has 0 aliphatic heterocycles. The Kier molecular flexibility index (Phi) is 5.38. The van der Waals surface area contributed by atoms with E-state index in [0.717, 1.165) is 54.2 Å². The maximum atomic E-state index is 12.8. The largest absolute Gasteiger partial charge is 0.392 e. The van der Waals surface area contributed by atoms with E-state index in [1.54, 1.807) is 0 Å². The fraction of sp³-hybridized carbons (Fsp3) is 0.500. The fourth-order valence-electron chi connectivity index (χ4n) is 2.89. The fourth-order valence-corrected chi connectivity index (χ4v) is 3.54. The lowest BCUT2D eigenvalue weighted by molar-refractivity contribution is -0.122. The van der Waals surface area contributed by atoms with Gasteiger partial charge in [-0.1, -0.05) is 44.0 Å². The second-order valence-corrected chi connectivity index (χ2v) is 7.09. The molecule has 0 spiro atoms. The number of hydrogen-bond donors (Lipinski definition) is 2. The first-order valence-corrected chi connectivity index (χ1v) is 8.53. The average molecular weight is 369 g/mol. The van der Waals surface area contributed by atoms with Crippen LogP contribution in [0.5, 0.6) is 0 Å². The highest BCUT2D eigenvalue weighted by Gasteiger charge is 2.41. The van der Waals surface area contributed by atoms with Crippen LogP contribution in [0.25, 0.3) is 0 Å². The first-order chi connectivity index (χ1) is 9.95. The third-order valence-corrected chi connectivity index (χ3v) is 5.32. The molecular weight excluding hydrogens is 348 g/mol. The molecule has 1 aromatic carbocycles. The molecule has 0 atom stereocenters. The van der Waals surface area contributed by atoms with Crippen molar-refractivity contribution in [3.63, 3.8) is 0 Å². The van der Waals surface area contributed by atoms with E-state index in [1.807, 2.05) is 25.1 Å². The van der Waals surface area contributed by atoms with Gasteiger partial charge in [0.05, 0.1) is 16.1 Å². The van der Waals surface area contributed by atoms with Crippen molar-refractivity contribution in [1.29, 1.82) is 0 Å². The number of thiocarbonyl (C=S) groups is 1. The molecule has 0 aromatic heterocycles. The number of anilines is 1. The number of amides is 1. The second-order valence-electron chi connectivity index (χ2n) is 5.80. The van der Waals surface area contributed by atoms with Crippen LogP contribution in [0, 0.1) is 12.3 Å². The van der Waals surface area contributed by atoms with Crippen LogP contribution in [0.3, 0.4) is 0 Å². The lowest BCUT2D eigenvalue weighted by atomic mass is 9.79. The molecule has 0 radical (unpaired) electrons. The van der Waals surface area contributed by atoms with E-state index in [1.165, 1.54) is 0 Å². The average Bonchev–Trinajstić information content (AvgIpc) is 2.69. The van der Waals surface area contributed by atoms with Gasteiger partial charge in [0.2, 0.25) is 5.91 Å². The molecule has 5 heteroatoms. The van der Waals surface area contributed by atoms with Gasteiger partial charge in [0, 0.05) is 4.47 Å². The number of benzene rings is 1. The number of nitrogens with two attached hydrogens (primary N) is 1. The van der Waals surface area contributed by atoms with E-state index in [2.05, 4.69) is 21.2 Å². The van der Waals surface area contributed by atoms with Crippen LogP contribution in [0.2, 0.25) is 0 Å². The molecule has 1 saturated carbocycles. The molecule has 2 rings (SSSR count). The summed E-state index contributed by atoms with van der Waals surface area (Å²) < 4.78 is 0.869. The summed E-state index contributed by atoms with van der Waals surface area (Å²) in [6.45, 7) is 2.00. The Hall–Kier alpha value is -0.940. The second kappa shape index (κ2) is 6.88. The molecule has 1 aromatic rings. The van der Waals surface area contributed by atoms with Crippen LogP contribution in [0.1, 0.15) is 44.1 Å². The van der Waals surface area contributed by atoms with Gasteiger partial charge in [0.15, 0.2) is 0 Å². The molecule has 0 heterocycles. The summed E-state index contributed by atoms with van der Waals surface area (Å²) in [4.78, 5) is 13.2. The minimum absolute atomic E-state index is 0.0665. The molecule has 1 fully saturated rings. The zero-order valence-corrected chi connectivity index (χ0v) is 14.6.